The van der Waals surface area contributed by atoms with Crippen LogP contribution in [0.1, 0.15) is 6.92 Å². The zero-order chi connectivity index (χ0) is 15.0. The van der Waals surface area contributed by atoms with Gasteiger partial charge in [-0.25, -0.2) is 4.98 Å². The Balaban J connectivity index is 1.94. The van der Waals surface area contributed by atoms with Crippen molar-refractivity contribution in [2.45, 2.75) is 17.3 Å². The number of amides is 1. The third kappa shape index (κ3) is 2.56. The molecule has 1 aromatic carbocycles. The number of carbonyl (C=O) groups is 1. The first kappa shape index (κ1) is 13.8. The van der Waals surface area contributed by atoms with Crippen molar-refractivity contribution in [2.24, 2.45) is 0 Å². The topological polar surface area (TPSA) is 74.8 Å². The van der Waals surface area contributed by atoms with Gasteiger partial charge in [-0.3, -0.25) is 4.79 Å². The van der Waals surface area contributed by atoms with Crippen molar-refractivity contribution in [3.8, 4) is 0 Å². The van der Waals surface area contributed by atoms with Crippen LogP contribution in [0.2, 0.25) is 0 Å². The molecule has 0 aliphatic rings. The highest BCUT2D eigenvalue weighted by atomic mass is 32.2. The first-order valence-corrected chi connectivity index (χ1v) is 7.43. The van der Waals surface area contributed by atoms with Crippen LogP contribution in [-0.2, 0) is 4.79 Å². The number of hydrogen-bond donors (Lipinski definition) is 1. The smallest absolute Gasteiger partial charge is 0.235 e. The standard InChI is InChI=1S/C14H15N5OS/c1-8(13(20)19(2)3)21-14-16-12-11(17-18-14)9-6-4-5-7-10(9)15-12/h4-8H,1-3H3,(H,15,16,18)/t8-/m1/s1. The third-order valence-electron chi connectivity index (χ3n) is 3.17. The van der Waals surface area contributed by atoms with Crippen LogP contribution in [-0.4, -0.2) is 50.3 Å². The largest absolute Gasteiger partial charge is 0.348 e. The number of para-hydroxylation sites is 1. The molecule has 7 heteroatoms. The molecular formula is C14H15N5OS. The summed E-state index contributed by atoms with van der Waals surface area (Å²) in [6.45, 7) is 1.84. The SMILES string of the molecule is C[C@@H](Sc1nnc2c(n1)[nH]c1ccccc12)C(=O)N(C)C. The van der Waals surface area contributed by atoms with E-state index < -0.39 is 0 Å². The summed E-state index contributed by atoms with van der Waals surface area (Å²) in [5.41, 5.74) is 2.42. The molecule has 21 heavy (non-hydrogen) atoms. The predicted octanol–water partition coefficient (Wildman–Crippen LogP) is 2.07. The number of carbonyl (C=O) groups excluding carboxylic acids is 1. The molecule has 108 valence electrons. The van der Waals surface area contributed by atoms with Crippen molar-refractivity contribution in [3.05, 3.63) is 24.3 Å². The van der Waals surface area contributed by atoms with Crippen molar-refractivity contribution in [2.75, 3.05) is 14.1 Å². The zero-order valence-electron chi connectivity index (χ0n) is 12.0. The Morgan fingerprint density at radius 3 is 2.81 bits per heavy atom. The number of nitrogens with one attached hydrogen (secondary N) is 1. The van der Waals surface area contributed by atoms with Crippen LogP contribution < -0.4 is 0 Å². The van der Waals surface area contributed by atoms with Gasteiger partial charge in [0.2, 0.25) is 11.1 Å². The lowest BCUT2D eigenvalue weighted by Crippen LogP contribution is -2.29. The maximum absolute atomic E-state index is 11.9. The van der Waals surface area contributed by atoms with E-state index in [0.29, 0.717) is 10.8 Å². The molecule has 0 spiro atoms. The number of nitrogens with zero attached hydrogens (tertiary/aromatic N) is 4. The molecule has 1 atom stereocenters. The summed E-state index contributed by atoms with van der Waals surface area (Å²) < 4.78 is 0. The summed E-state index contributed by atoms with van der Waals surface area (Å²) in [7, 11) is 3.47. The van der Waals surface area contributed by atoms with Gasteiger partial charge in [-0.15, -0.1) is 10.2 Å². The second-order valence-electron chi connectivity index (χ2n) is 4.95. The van der Waals surface area contributed by atoms with Gasteiger partial charge in [-0.05, 0) is 13.0 Å². The van der Waals surface area contributed by atoms with Gasteiger partial charge in [0, 0.05) is 25.0 Å². The molecule has 3 rings (SSSR count). The number of fused-ring (bicyclic) bond motifs is 3. The van der Waals surface area contributed by atoms with Crippen LogP contribution in [0, 0.1) is 0 Å². The van der Waals surface area contributed by atoms with Crippen molar-refractivity contribution in [1.82, 2.24) is 25.1 Å². The van der Waals surface area contributed by atoms with Gasteiger partial charge in [0.25, 0.3) is 0 Å². The summed E-state index contributed by atoms with van der Waals surface area (Å²) in [5, 5.41) is 9.61. The zero-order valence-corrected chi connectivity index (χ0v) is 12.8. The molecule has 0 unspecified atom stereocenters. The number of H-pyrrole nitrogens is 1. The fraction of sp³-hybridized carbons (Fsp3) is 0.286. The maximum Gasteiger partial charge on any atom is 0.235 e. The van der Waals surface area contributed by atoms with E-state index in [1.807, 2.05) is 31.2 Å². The van der Waals surface area contributed by atoms with E-state index >= 15 is 0 Å². The van der Waals surface area contributed by atoms with E-state index in [1.165, 1.54) is 11.8 Å². The lowest BCUT2D eigenvalue weighted by Gasteiger charge is -2.15. The molecule has 3 aromatic rings. The highest BCUT2D eigenvalue weighted by Crippen LogP contribution is 2.25. The molecule has 0 fully saturated rings. The van der Waals surface area contributed by atoms with Crippen LogP contribution in [0.3, 0.4) is 0 Å². The van der Waals surface area contributed by atoms with Crippen LogP contribution in [0.15, 0.2) is 29.4 Å². The number of benzene rings is 1. The molecule has 6 nitrogen and oxygen atoms in total. The second kappa shape index (κ2) is 5.33. The minimum Gasteiger partial charge on any atom is -0.348 e. The molecule has 0 saturated heterocycles. The Labute approximate surface area is 126 Å². The van der Waals surface area contributed by atoms with Gasteiger partial charge >= 0.3 is 0 Å². The minimum atomic E-state index is -0.247. The fourth-order valence-corrected chi connectivity index (χ4v) is 2.99. The molecule has 2 heterocycles. The van der Waals surface area contributed by atoms with Crippen molar-refractivity contribution >= 4 is 39.7 Å². The molecule has 2 aromatic heterocycles. The highest BCUT2D eigenvalue weighted by molar-refractivity contribution is 8.00. The molecule has 0 aliphatic carbocycles. The van der Waals surface area contributed by atoms with E-state index in [2.05, 4.69) is 20.2 Å². The molecule has 0 aliphatic heterocycles. The van der Waals surface area contributed by atoms with Crippen LogP contribution in [0.5, 0.6) is 0 Å². The van der Waals surface area contributed by atoms with Crippen molar-refractivity contribution in [1.29, 1.82) is 0 Å². The number of rotatable bonds is 3. The molecule has 0 saturated carbocycles. The van der Waals surface area contributed by atoms with Crippen LogP contribution >= 0.6 is 11.8 Å². The monoisotopic (exact) mass is 301 g/mol. The summed E-state index contributed by atoms with van der Waals surface area (Å²) >= 11 is 1.31. The van der Waals surface area contributed by atoms with Gasteiger partial charge in [0.1, 0.15) is 5.52 Å². The van der Waals surface area contributed by atoms with Gasteiger partial charge < -0.3 is 9.88 Å². The fourth-order valence-electron chi connectivity index (χ4n) is 2.13. The molecule has 1 N–H and O–H groups in total. The lowest BCUT2D eigenvalue weighted by molar-refractivity contribution is -0.127. The molecule has 0 radical (unpaired) electrons. The van der Waals surface area contributed by atoms with E-state index in [-0.39, 0.29) is 11.2 Å². The quantitative estimate of drug-likeness (QED) is 0.750. The Morgan fingerprint density at radius 2 is 2.05 bits per heavy atom. The number of aromatic nitrogens is 4. The third-order valence-corrected chi connectivity index (χ3v) is 4.11. The first-order chi connectivity index (χ1) is 10.1. The second-order valence-corrected chi connectivity index (χ2v) is 6.26. The first-order valence-electron chi connectivity index (χ1n) is 6.55. The predicted molar refractivity (Wildman–Crippen MR) is 83.2 cm³/mol. The Kier molecular flexibility index (Phi) is 3.50. The van der Waals surface area contributed by atoms with Crippen molar-refractivity contribution in [3.63, 3.8) is 0 Å². The Morgan fingerprint density at radius 1 is 1.29 bits per heavy atom. The Bertz CT molecular complexity index is 813. The number of aromatic amines is 1. The summed E-state index contributed by atoms with van der Waals surface area (Å²) in [4.78, 5) is 21.1. The lowest BCUT2D eigenvalue weighted by atomic mass is 10.2. The van der Waals surface area contributed by atoms with Crippen LogP contribution in [0.25, 0.3) is 22.1 Å². The van der Waals surface area contributed by atoms with Gasteiger partial charge in [-0.1, -0.05) is 30.0 Å². The minimum absolute atomic E-state index is 0.0281. The average molecular weight is 301 g/mol. The van der Waals surface area contributed by atoms with E-state index in [1.54, 1.807) is 19.0 Å². The van der Waals surface area contributed by atoms with E-state index in [9.17, 15) is 4.79 Å². The van der Waals surface area contributed by atoms with Gasteiger partial charge in [-0.2, -0.15) is 0 Å². The Hall–Kier alpha value is -2.15. The molecular weight excluding hydrogens is 286 g/mol. The van der Waals surface area contributed by atoms with Crippen molar-refractivity contribution < 1.29 is 4.79 Å². The van der Waals surface area contributed by atoms with E-state index in [4.69, 9.17) is 0 Å². The number of thioether (sulfide) groups is 1. The van der Waals surface area contributed by atoms with Gasteiger partial charge in [0.05, 0.1) is 5.25 Å². The van der Waals surface area contributed by atoms with Gasteiger partial charge in [0.15, 0.2) is 5.65 Å². The summed E-state index contributed by atoms with van der Waals surface area (Å²) in [5.74, 6) is 0.0281. The highest BCUT2D eigenvalue weighted by Gasteiger charge is 2.18. The summed E-state index contributed by atoms with van der Waals surface area (Å²) in [6.07, 6.45) is 0. The number of hydrogen-bond acceptors (Lipinski definition) is 5. The molecule has 1 amide bonds. The van der Waals surface area contributed by atoms with E-state index in [0.717, 1.165) is 16.4 Å². The average Bonchev–Trinajstić information content (AvgIpc) is 2.83. The summed E-state index contributed by atoms with van der Waals surface area (Å²) in [6, 6.07) is 7.87. The normalized spacial score (nSPS) is 12.7. The van der Waals surface area contributed by atoms with Crippen LogP contribution in [0.4, 0.5) is 0 Å². The molecule has 0 bridgehead atoms. The maximum atomic E-state index is 11.9.